The smallest absolute Gasteiger partial charge is 0.271 e. The number of fused-ring (bicyclic) bond motifs is 3. The van der Waals surface area contributed by atoms with Gasteiger partial charge in [0.05, 0.1) is 23.5 Å². The molecule has 1 aromatic carbocycles. The number of rotatable bonds is 4. The van der Waals surface area contributed by atoms with Gasteiger partial charge in [0, 0.05) is 43.9 Å². The van der Waals surface area contributed by atoms with Crippen molar-refractivity contribution in [3.05, 3.63) is 59.7 Å². The highest BCUT2D eigenvalue weighted by molar-refractivity contribution is 5.95. The summed E-state index contributed by atoms with van der Waals surface area (Å²) in [6, 6.07) is 10.1. The van der Waals surface area contributed by atoms with Crippen molar-refractivity contribution in [2.45, 2.75) is 57.8 Å². The molecule has 8 heteroatoms. The van der Waals surface area contributed by atoms with Crippen LogP contribution >= 0.6 is 0 Å². The molecule has 0 aliphatic carbocycles. The summed E-state index contributed by atoms with van der Waals surface area (Å²) in [5.41, 5.74) is 2.97. The fraction of sp³-hybridized carbons (Fsp3) is 0.417. The summed E-state index contributed by atoms with van der Waals surface area (Å²) < 4.78 is 3.82. The summed E-state index contributed by atoms with van der Waals surface area (Å²) in [6.45, 7) is 4.52. The zero-order valence-corrected chi connectivity index (χ0v) is 18.7. The predicted octanol–water partition coefficient (Wildman–Crippen LogP) is 2.65. The van der Waals surface area contributed by atoms with Crippen LogP contribution in [0.25, 0.3) is 11.4 Å². The third kappa shape index (κ3) is 3.49. The van der Waals surface area contributed by atoms with Gasteiger partial charge in [-0.1, -0.05) is 30.3 Å². The predicted molar refractivity (Wildman–Crippen MR) is 120 cm³/mol. The summed E-state index contributed by atoms with van der Waals surface area (Å²) in [5, 5.41) is 7.17. The van der Waals surface area contributed by atoms with E-state index in [1.807, 2.05) is 56.1 Å². The van der Waals surface area contributed by atoms with Crippen LogP contribution in [0.3, 0.4) is 0 Å². The van der Waals surface area contributed by atoms with Gasteiger partial charge < -0.3 is 14.8 Å². The summed E-state index contributed by atoms with van der Waals surface area (Å²) in [6.07, 6.45) is 5.88. The van der Waals surface area contributed by atoms with Crippen LogP contribution < -0.4 is 5.32 Å². The van der Waals surface area contributed by atoms with Gasteiger partial charge in [-0.3, -0.25) is 14.3 Å². The minimum atomic E-state index is -0.158. The molecule has 0 radical (unpaired) electrons. The number of imidazole rings is 1. The van der Waals surface area contributed by atoms with Gasteiger partial charge in [0.25, 0.3) is 11.8 Å². The second kappa shape index (κ2) is 7.93. The van der Waals surface area contributed by atoms with Crippen molar-refractivity contribution in [2.75, 3.05) is 0 Å². The minimum Gasteiger partial charge on any atom is -0.348 e. The van der Waals surface area contributed by atoms with E-state index >= 15 is 0 Å². The van der Waals surface area contributed by atoms with Crippen LogP contribution in [0.5, 0.6) is 0 Å². The zero-order valence-electron chi connectivity index (χ0n) is 18.7. The number of hydrogen-bond acceptors (Lipinski definition) is 4. The van der Waals surface area contributed by atoms with Gasteiger partial charge in [-0.25, -0.2) is 4.98 Å². The fourth-order valence-corrected chi connectivity index (χ4v) is 5.00. The number of carbonyl (C=O) groups is 2. The summed E-state index contributed by atoms with van der Waals surface area (Å²) in [4.78, 5) is 33.3. The Morgan fingerprint density at radius 2 is 1.88 bits per heavy atom. The van der Waals surface area contributed by atoms with Crippen LogP contribution in [0.1, 0.15) is 53.2 Å². The third-order valence-electron chi connectivity index (χ3n) is 6.37. The first-order valence-electron chi connectivity index (χ1n) is 11.2. The monoisotopic (exact) mass is 432 g/mol. The van der Waals surface area contributed by atoms with Crippen molar-refractivity contribution in [1.29, 1.82) is 0 Å². The molecule has 0 spiro atoms. The average Bonchev–Trinajstić information content (AvgIpc) is 3.43. The maximum Gasteiger partial charge on any atom is 0.271 e. The van der Waals surface area contributed by atoms with E-state index < -0.39 is 0 Å². The molecule has 166 valence electrons. The molecule has 0 unspecified atom stereocenters. The maximum absolute atomic E-state index is 13.4. The molecule has 1 N–H and O–H groups in total. The maximum atomic E-state index is 13.4. The van der Waals surface area contributed by atoms with E-state index in [0.29, 0.717) is 24.2 Å². The first-order chi connectivity index (χ1) is 15.4. The lowest BCUT2D eigenvalue weighted by Gasteiger charge is -2.27. The second-order valence-corrected chi connectivity index (χ2v) is 9.04. The SMILES string of the molecule is CC(C)NC(=O)c1nc(-c2ccccc2)n2c1C[C@@H]1CC[C@H](C2)N1C(=O)c1cnn(C)c1. The van der Waals surface area contributed by atoms with Gasteiger partial charge in [0.15, 0.2) is 0 Å². The number of carbonyl (C=O) groups excluding carboxylic acids is 2. The van der Waals surface area contributed by atoms with Crippen molar-refractivity contribution >= 4 is 11.8 Å². The van der Waals surface area contributed by atoms with Crippen LogP contribution in [0, 0.1) is 0 Å². The van der Waals surface area contributed by atoms with Crippen molar-refractivity contribution < 1.29 is 9.59 Å². The highest BCUT2D eigenvalue weighted by Gasteiger charge is 2.42. The lowest BCUT2D eigenvalue weighted by atomic mass is 10.0. The van der Waals surface area contributed by atoms with E-state index in [9.17, 15) is 9.59 Å². The van der Waals surface area contributed by atoms with Crippen molar-refractivity contribution in [3.63, 3.8) is 0 Å². The Hall–Kier alpha value is -3.42. The molecule has 2 bridgehead atoms. The van der Waals surface area contributed by atoms with E-state index in [1.165, 1.54) is 0 Å². The van der Waals surface area contributed by atoms with E-state index in [-0.39, 0.29) is 29.9 Å². The van der Waals surface area contributed by atoms with Crippen LogP contribution in [0.15, 0.2) is 42.7 Å². The van der Waals surface area contributed by atoms with Gasteiger partial charge in [0.2, 0.25) is 0 Å². The summed E-state index contributed by atoms with van der Waals surface area (Å²) >= 11 is 0. The van der Waals surface area contributed by atoms with Crippen LogP contribution in [0.2, 0.25) is 0 Å². The molecule has 8 nitrogen and oxygen atoms in total. The molecule has 2 aromatic heterocycles. The molecule has 2 amide bonds. The summed E-state index contributed by atoms with van der Waals surface area (Å²) in [7, 11) is 1.82. The quantitative estimate of drug-likeness (QED) is 0.687. The molecule has 2 atom stereocenters. The van der Waals surface area contributed by atoms with Gasteiger partial charge in [0.1, 0.15) is 11.5 Å². The first kappa shape index (κ1) is 20.5. The van der Waals surface area contributed by atoms with Crippen molar-refractivity contribution in [1.82, 2.24) is 29.5 Å². The molecule has 32 heavy (non-hydrogen) atoms. The Morgan fingerprint density at radius 3 is 2.56 bits per heavy atom. The van der Waals surface area contributed by atoms with Gasteiger partial charge in [-0.15, -0.1) is 0 Å². The normalized spacial score (nSPS) is 19.7. The van der Waals surface area contributed by atoms with E-state index in [4.69, 9.17) is 4.98 Å². The Balaban J connectivity index is 1.57. The van der Waals surface area contributed by atoms with Gasteiger partial charge in [-0.2, -0.15) is 5.10 Å². The molecule has 2 aliphatic heterocycles. The number of amides is 2. The van der Waals surface area contributed by atoms with Crippen molar-refractivity contribution in [2.24, 2.45) is 7.05 Å². The van der Waals surface area contributed by atoms with E-state index in [0.717, 1.165) is 29.9 Å². The molecule has 4 heterocycles. The van der Waals surface area contributed by atoms with Crippen molar-refractivity contribution in [3.8, 4) is 11.4 Å². The van der Waals surface area contributed by atoms with E-state index in [2.05, 4.69) is 15.0 Å². The second-order valence-electron chi connectivity index (χ2n) is 9.04. The number of aryl methyl sites for hydroxylation is 1. The largest absolute Gasteiger partial charge is 0.348 e. The highest BCUT2D eigenvalue weighted by atomic mass is 16.2. The number of benzene rings is 1. The van der Waals surface area contributed by atoms with Crippen LogP contribution in [-0.2, 0) is 20.0 Å². The fourth-order valence-electron chi connectivity index (χ4n) is 5.00. The molecule has 5 rings (SSSR count). The first-order valence-corrected chi connectivity index (χ1v) is 11.2. The molecular formula is C24H28N6O2. The number of hydrogen-bond donors (Lipinski definition) is 1. The standard InChI is InChI=1S/C24H28N6O2/c1-15(2)26-23(31)21-20-11-18-9-10-19(30(18)24(32)17-12-25-28(3)13-17)14-29(20)22(27-21)16-7-5-4-6-8-16/h4-8,12-13,15,18-19H,9-11,14H2,1-3H3,(H,26,31)/t18-,19+/m0/s1. The minimum absolute atomic E-state index is 0.0127. The molecule has 1 saturated heterocycles. The Kier molecular flexibility index (Phi) is 5.07. The lowest BCUT2D eigenvalue weighted by molar-refractivity contribution is 0.0666. The number of nitrogens with zero attached hydrogens (tertiary/aromatic N) is 5. The molecule has 1 fully saturated rings. The lowest BCUT2D eigenvalue weighted by Crippen LogP contribution is -2.42. The average molecular weight is 433 g/mol. The van der Waals surface area contributed by atoms with Gasteiger partial charge >= 0.3 is 0 Å². The topological polar surface area (TPSA) is 85.1 Å². The highest BCUT2D eigenvalue weighted by Crippen LogP contribution is 2.36. The van der Waals surface area contributed by atoms with E-state index in [1.54, 1.807) is 17.1 Å². The van der Waals surface area contributed by atoms with Crippen LogP contribution in [-0.4, -0.2) is 54.2 Å². The Labute approximate surface area is 187 Å². The van der Waals surface area contributed by atoms with Gasteiger partial charge in [-0.05, 0) is 26.7 Å². The Morgan fingerprint density at radius 1 is 1.12 bits per heavy atom. The third-order valence-corrected chi connectivity index (χ3v) is 6.37. The van der Waals surface area contributed by atoms with Crippen LogP contribution in [0.4, 0.5) is 0 Å². The number of nitrogens with one attached hydrogen (secondary N) is 1. The Bertz CT molecular complexity index is 1160. The number of aromatic nitrogens is 4. The zero-order chi connectivity index (χ0) is 22.4. The molecule has 3 aromatic rings. The summed E-state index contributed by atoms with van der Waals surface area (Å²) in [5.74, 6) is 0.642. The molecule has 0 saturated carbocycles. The molecule has 2 aliphatic rings. The molecular weight excluding hydrogens is 404 g/mol.